The summed E-state index contributed by atoms with van der Waals surface area (Å²) < 4.78 is 10.8. The zero-order chi connectivity index (χ0) is 19.8. The van der Waals surface area contributed by atoms with Gasteiger partial charge in [0.05, 0.1) is 19.8 Å². The fourth-order valence-electron chi connectivity index (χ4n) is 3.70. The number of hydrogen-bond donors (Lipinski definition) is 1. The van der Waals surface area contributed by atoms with E-state index < -0.39 is 0 Å². The maximum absolute atomic E-state index is 12.7. The van der Waals surface area contributed by atoms with E-state index in [1.807, 2.05) is 37.3 Å². The van der Waals surface area contributed by atoms with Crippen molar-refractivity contribution in [3.05, 3.63) is 59.7 Å². The smallest absolute Gasteiger partial charge is 0.251 e. The third kappa shape index (κ3) is 5.26. The van der Waals surface area contributed by atoms with Crippen LogP contribution in [0.1, 0.15) is 48.1 Å². The van der Waals surface area contributed by atoms with Gasteiger partial charge in [-0.2, -0.15) is 0 Å². The third-order valence-corrected chi connectivity index (χ3v) is 5.20. The average Bonchev–Trinajstić information content (AvgIpc) is 2.75. The molecule has 150 valence electrons. The summed E-state index contributed by atoms with van der Waals surface area (Å²) in [6, 6.07) is 15.7. The van der Waals surface area contributed by atoms with Crippen LogP contribution in [0.15, 0.2) is 48.5 Å². The summed E-state index contributed by atoms with van der Waals surface area (Å²) in [5, 5.41) is 3.13. The van der Waals surface area contributed by atoms with Gasteiger partial charge in [0, 0.05) is 12.1 Å². The third-order valence-electron chi connectivity index (χ3n) is 5.20. The molecule has 28 heavy (non-hydrogen) atoms. The molecule has 1 atom stereocenters. The van der Waals surface area contributed by atoms with E-state index >= 15 is 0 Å². The van der Waals surface area contributed by atoms with E-state index in [2.05, 4.69) is 22.3 Å². The van der Waals surface area contributed by atoms with Gasteiger partial charge in [-0.05, 0) is 68.8 Å². The minimum Gasteiger partial charge on any atom is -0.497 e. The fraction of sp³-hybridized carbons (Fsp3) is 0.435. The highest BCUT2D eigenvalue weighted by Crippen LogP contribution is 2.26. The van der Waals surface area contributed by atoms with Crippen molar-refractivity contribution in [3.63, 3.8) is 0 Å². The lowest BCUT2D eigenvalue weighted by Gasteiger charge is -2.35. The minimum atomic E-state index is -0.0722. The normalized spacial score (nSPS) is 15.6. The Kier molecular flexibility index (Phi) is 7.31. The number of carbonyl (C=O) groups is 1. The number of methoxy groups -OCH3 is 1. The van der Waals surface area contributed by atoms with E-state index in [-0.39, 0.29) is 11.9 Å². The predicted octanol–water partition coefficient (Wildman–Crippen LogP) is 4.05. The molecule has 1 amide bonds. The number of ether oxygens (including phenoxy) is 2. The predicted molar refractivity (Wildman–Crippen MR) is 111 cm³/mol. The minimum absolute atomic E-state index is 0.0722. The second kappa shape index (κ2) is 10.1. The molecule has 0 bridgehead atoms. The molecule has 5 heteroatoms. The quantitative estimate of drug-likeness (QED) is 0.748. The van der Waals surface area contributed by atoms with Crippen LogP contribution in [0, 0.1) is 0 Å². The number of benzene rings is 2. The first kappa shape index (κ1) is 20.2. The first-order chi connectivity index (χ1) is 13.7. The van der Waals surface area contributed by atoms with Crippen molar-refractivity contribution >= 4 is 5.91 Å². The molecule has 1 aliphatic rings. The molecule has 1 aliphatic heterocycles. The van der Waals surface area contributed by atoms with E-state index in [9.17, 15) is 4.79 Å². The van der Waals surface area contributed by atoms with Gasteiger partial charge in [0.25, 0.3) is 5.91 Å². The second-order valence-corrected chi connectivity index (χ2v) is 7.06. The number of hydrogen-bond acceptors (Lipinski definition) is 4. The van der Waals surface area contributed by atoms with E-state index in [1.165, 1.54) is 24.8 Å². The zero-order valence-electron chi connectivity index (χ0n) is 16.8. The Bertz CT molecular complexity index is 755. The van der Waals surface area contributed by atoms with Crippen molar-refractivity contribution in [2.75, 3.05) is 33.4 Å². The maximum Gasteiger partial charge on any atom is 0.251 e. The van der Waals surface area contributed by atoms with Gasteiger partial charge in [0.2, 0.25) is 0 Å². The molecule has 1 heterocycles. The monoisotopic (exact) mass is 382 g/mol. The Labute approximate surface area is 167 Å². The molecule has 1 fully saturated rings. The van der Waals surface area contributed by atoms with Crippen molar-refractivity contribution in [3.8, 4) is 11.5 Å². The number of nitrogens with one attached hydrogen (secondary N) is 1. The largest absolute Gasteiger partial charge is 0.497 e. The molecular formula is C23H30N2O3. The van der Waals surface area contributed by atoms with Crippen molar-refractivity contribution in [2.45, 2.75) is 32.2 Å². The van der Waals surface area contributed by atoms with E-state index in [4.69, 9.17) is 9.47 Å². The molecule has 2 aromatic carbocycles. The Morgan fingerprint density at radius 3 is 2.50 bits per heavy atom. The summed E-state index contributed by atoms with van der Waals surface area (Å²) in [4.78, 5) is 15.2. The SMILES string of the molecule is CCOc1cccc(C(=O)NCC(c2ccc(OC)cc2)N2CCCCC2)c1. The van der Waals surface area contributed by atoms with Gasteiger partial charge < -0.3 is 14.8 Å². The molecule has 0 aliphatic carbocycles. The lowest BCUT2D eigenvalue weighted by Crippen LogP contribution is -2.40. The topological polar surface area (TPSA) is 50.8 Å². The fourth-order valence-corrected chi connectivity index (χ4v) is 3.70. The lowest BCUT2D eigenvalue weighted by molar-refractivity contribution is 0.0924. The number of piperidine rings is 1. The molecule has 0 saturated carbocycles. The van der Waals surface area contributed by atoms with Crippen molar-refractivity contribution < 1.29 is 14.3 Å². The second-order valence-electron chi connectivity index (χ2n) is 7.06. The Morgan fingerprint density at radius 2 is 1.82 bits per heavy atom. The van der Waals surface area contributed by atoms with Crippen molar-refractivity contribution in [1.82, 2.24) is 10.2 Å². The van der Waals surface area contributed by atoms with Crippen LogP contribution in [-0.2, 0) is 0 Å². The molecular weight excluding hydrogens is 352 g/mol. The first-order valence-corrected chi connectivity index (χ1v) is 10.1. The highest BCUT2D eigenvalue weighted by atomic mass is 16.5. The highest BCUT2D eigenvalue weighted by Gasteiger charge is 2.23. The molecule has 1 unspecified atom stereocenters. The number of carbonyl (C=O) groups excluding carboxylic acids is 1. The van der Waals surface area contributed by atoms with Crippen LogP contribution in [-0.4, -0.2) is 44.2 Å². The van der Waals surface area contributed by atoms with E-state index in [0.717, 1.165) is 24.6 Å². The summed E-state index contributed by atoms with van der Waals surface area (Å²) in [5.41, 5.74) is 1.82. The van der Waals surface area contributed by atoms with Crippen molar-refractivity contribution in [2.24, 2.45) is 0 Å². The van der Waals surface area contributed by atoms with E-state index in [0.29, 0.717) is 18.7 Å². The van der Waals surface area contributed by atoms with Gasteiger partial charge in [0.15, 0.2) is 0 Å². The van der Waals surface area contributed by atoms with Crippen LogP contribution in [0.2, 0.25) is 0 Å². The molecule has 0 spiro atoms. The molecule has 0 radical (unpaired) electrons. The lowest BCUT2D eigenvalue weighted by atomic mass is 10.0. The summed E-state index contributed by atoms with van der Waals surface area (Å²) in [6.07, 6.45) is 3.69. The zero-order valence-corrected chi connectivity index (χ0v) is 16.8. The Balaban J connectivity index is 1.71. The Morgan fingerprint density at radius 1 is 1.07 bits per heavy atom. The van der Waals surface area contributed by atoms with Gasteiger partial charge in [-0.15, -0.1) is 0 Å². The van der Waals surface area contributed by atoms with Crippen LogP contribution < -0.4 is 14.8 Å². The molecule has 1 N–H and O–H groups in total. The maximum atomic E-state index is 12.7. The van der Waals surface area contributed by atoms with Crippen LogP contribution in [0.5, 0.6) is 11.5 Å². The van der Waals surface area contributed by atoms with Gasteiger partial charge in [-0.3, -0.25) is 9.69 Å². The summed E-state index contributed by atoms with van der Waals surface area (Å²) >= 11 is 0. The summed E-state index contributed by atoms with van der Waals surface area (Å²) in [5.74, 6) is 1.49. The summed E-state index contributed by atoms with van der Waals surface area (Å²) in [6.45, 7) is 5.22. The number of amides is 1. The van der Waals surface area contributed by atoms with Crippen LogP contribution >= 0.6 is 0 Å². The van der Waals surface area contributed by atoms with Crippen LogP contribution in [0.4, 0.5) is 0 Å². The summed E-state index contributed by atoms with van der Waals surface area (Å²) in [7, 11) is 1.67. The van der Waals surface area contributed by atoms with Gasteiger partial charge in [-0.25, -0.2) is 0 Å². The van der Waals surface area contributed by atoms with E-state index in [1.54, 1.807) is 13.2 Å². The Hall–Kier alpha value is -2.53. The molecule has 5 nitrogen and oxygen atoms in total. The van der Waals surface area contributed by atoms with Crippen LogP contribution in [0.3, 0.4) is 0 Å². The van der Waals surface area contributed by atoms with Gasteiger partial charge in [0.1, 0.15) is 11.5 Å². The molecule has 3 rings (SSSR count). The highest BCUT2D eigenvalue weighted by molar-refractivity contribution is 5.94. The molecule has 2 aromatic rings. The molecule has 1 saturated heterocycles. The van der Waals surface area contributed by atoms with Gasteiger partial charge >= 0.3 is 0 Å². The number of nitrogens with zero attached hydrogens (tertiary/aromatic N) is 1. The van der Waals surface area contributed by atoms with Crippen LogP contribution in [0.25, 0.3) is 0 Å². The average molecular weight is 383 g/mol. The standard InChI is InChI=1S/C23H30N2O3/c1-3-28-21-9-7-8-19(16-21)23(26)24-17-22(25-14-5-4-6-15-25)18-10-12-20(27-2)13-11-18/h7-13,16,22H,3-6,14-15,17H2,1-2H3,(H,24,26). The number of likely N-dealkylation sites (tertiary alicyclic amines) is 1. The van der Waals surface area contributed by atoms with Crippen molar-refractivity contribution in [1.29, 1.82) is 0 Å². The number of rotatable bonds is 8. The molecule has 0 aromatic heterocycles. The first-order valence-electron chi connectivity index (χ1n) is 10.1. The van der Waals surface area contributed by atoms with Gasteiger partial charge in [-0.1, -0.05) is 24.6 Å².